The van der Waals surface area contributed by atoms with E-state index in [1.54, 1.807) is 12.5 Å². The van der Waals surface area contributed by atoms with Gasteiger partial charge in [-0.25, -0.2) is 4.98 Å². The fourth-order valence-electron chi connectivity index (χ4n) is 2.03. The predicted octanol–water partition coefficient (Wildman–Crippen LogP) is -0.0157. The average Bonchev–Trinajstić information content (AvgIpc) is 2.74. The molecule has 2 heterocycles. The minimum atomic E-state index is -0.00815. The van der Waals surface area contributed by atoms with Gasteiger partial charge in [0.05, 0.1) is 17.0 Å². The maximum Gasteiger partial charge on any atom is 0.102 e. The van der Waals surface area contributed by atoms with Crippen molar-refractivity contribution in [1.29, 1.82) is 0 Å². The molecule has 1 aliphatic heterocycles. The van der Waals surface area contributed by atoms with E-state index < -0.39 is 0 Å². The molecule has 1 atom stereocenters. The van der Waals surface area contributed by atoms with Gasteiger partial charge in [-0.1, -0.05) is 12.2 Å². The number of aromatic amines is 1. The molecule has 0 radical (unpaired) electrons. The maximum absolute atomic E-state index is 5.82. The van der Waals surface area contributed by atoms with Crippen LogP contribution < -0.4 is 5.73 Å². The third kappa shape index (κ3) is 2.40. The summed E-state index contributed by atoms with van der Waals surface area (Å²) < 4.78 is 0. The summed E-state index contributed by atoms with van der Waals surface area (Å²) in [5.74, 6) is 0. The van der Waals surface area contributed by atoms with Crippen LogP contribution in [0.3, 0.4) is 0 Å². The number of nitrogens with one attached hydrogen (secondary N) is 1. The van der Waals surface area contributed by atoms with Crippen LogP contribution in [0.25, 0.3) is 0 Å². The number of rotatable bonds is 3. The minimum Gasteiger partial charge on any atom is -0.392 e. The van der Waals surface area contributed by atoms with Gasteiger partial charge in [0.25, 0.3) is 0 Å². The lowest BCUT2D eigenvalue weighted by Crippen LogP contribution is -2.48. The lowest BCUT2D eigenvalue weighted by Gasteiger charge is -2.36. The van der Waals surface area contributed by atoms with Gasteiger partial charge in [-0.3, -0.25) is 4.90 Å². The number of piperazine rings is 1. The van der Waals surface area contributed by atoms with Gasteiger partial charge in [-0.15, -0.1) is 0 Å². The zero-order chi connectivity index (χ0) is 11.5. The van der Waals surface area contributed by atoms with Crippen molar-refractivity contribution in [2.75, 3.05) is 33.2 Å². The van der Waals surface area contributed by atoms with Gasteiger partial charge in [0.1, 0.15) is 6.04 Å². The molecule has 0 aromatic carbocycles. The van der Waals surface area contributed by atoms with Gasteiger partial charge < -0.3 is 15.6 Å². The molecule has 0 bridgehead atoms. The van der Waals surface area contributed by atoms with Gasteiger partial charge in [0.2, 0.25) is 0 Å². The molecule has 0 saturated carbocycles. The Balaban J connectivity index is 2.11. The summed E-state index contributed by atoms with van der Waals surface area (Å²) in [5, 5.41) is 0. The second-order valence-electron chi connectivity index (χ2n) is 4.15. The van der Waals surface area contributed by atoms with Gasteiger partial charge in [-0.05, 0) is 7.05 Å². The molecule has 16 heavy (non-hydrogen) atoms. The van der Waals surface area contributed by atoms with Crippen molar-refractivity contribution in [2.24, 2.45) is 5.73 Å². The molecule has 6 heteroatoms. The van der Waals surface area contributed by atoms with Crippen molar-refractivity contribution in [2.45, 2.75) is 6.04 Å². The SMILES string of the molecule is CN1CCN(C(C(N)=S)c2cnc[nH]2)CC1. The highest BCUT2D eigenvalue weighted by molar-refractivity contribution is 7.80. The standard InChI is InChI=1S/C10H17N5S/c1-14-2-4-15(5-3-14)9(10(11)16)8-6-12-7-13-8/h6-7,9H,2-5H2,1H3,(H2,11,16)(H,12,13). The quantitative estimate of drug-likeness (QED) is 0.726. The zero-order valence-electron chi connectivity index (χ0n) is 9.39. The van der Waals surface area contributed by atoms with Crippen molar-refractivity contribution < 1.29 is 0 Å². The number of hydrogen-bond donors (Lipinski definition) is 2. The summed E-state index contributed by atoms with van der Waals surface area (Å²) in [5.41, 5.74) is 6.81. The van der Waals surface area contributed by atoms with Gasteiger partial charge >= 0.3 is 0 Å². The molecule has 3 N–H and O–H groups in total. The largest absolute Gasteiger partial charge is 0.392 e. The van der Waals surface area contributed by atoms with Gasteiger partial charge in [0, 0.05) is 32.4 Å². The van der Waals surface area contributed by atoms with Gasteiger partial charge in [0.15, 0.2) is 0 Å². The monoisotopic (exact) mass is 239 g/mol. The fraction of sp³-hybridized carbons (Fsp3) is 0.600. The molecule has 1 aromatic heterocycles. The number of nitrogens with two attached hydrogens (primary N) is 1. The first-order valence-electron chi connectivity index (χ1n) is 5.38. The first-order valence-corrected chi connectivity index (χ1v) is 5.79. The Labute approximate surface area is 101 Å². The average molecular weight is 239 g/mol. The van der Waals surface area contributed by atoms with Crippen molar-refractivity contribution >= 4 is 17.2 Å². The Morgan fingerprint density at radius 3 is 2.69 bits per heavy atom. The second-order valence-corrected chi connectivity index (χ2v) is 4.62. The molecule has 1 unspecified atom stereocenters. The van der Waals surface area contributed by atoms with E-state index in [0.717, 1.165) is 31.9 Å². The topological polar surface area (TPSA) is 61.2 Å². The smallest absolute Gasteiger partial charge is 0.102 e. The normalized spacial score (nSPS) is 20.8. The predicted molar refractivity (Wildman–Crippen MR) is 67.2 cm³/mol. The van der Waals surface area contributed by atoms with Crippen LogP contribution in [0.4, 0.5) is 0 Å². The first kappa shape index (κ1) is 11.5. The van der Waals surface area contributed by atoms with E-state index in [-0.39, 0.29) is 6.04 Å². The molecule has 2 rings (SSSR count). The minimum absolute atomic E-state index is 0.00815. The molecule has 5 nitrogen and oxygen atoms in total. The summed E-state index contributed by atoms with van der Waals surface area (Å²) in [6.45, 7) is 4.07. The van der Waals surface area contributed by atoms with Crippen LogP contribution in [0.15, 0.2) is 12.5 Å². The highest BCUT2D eigenvalue weighted by atomic mass is 32.1. The van der Waals surface area contributed by atoms with E-state index in [1.165, 1.54) is 0 Å². The molecule has 88 valence electrons. The number of aromatic nitrogens is 2. The van der Waals surface area contributed by atoms with Crippen LogP contribution in [-0.4, -0.2) is 58.0 Å². The third-order valence-electron chi connectivity index (χ3n) is 2.99. The van der Waals surface area contributed by atoms with Crippen molar-refractivity contribution in [3.05, 3.63) is 18.2 Å². The number of likely N-dealkylation sites (N-methyl/N-ethyl adjacent to an activating group) is 1. The molecular formula is C10H17N5S. The summed E-state index contributed by atoms with van der Waals surface area (Å²) in [6, 6.07) is -0.00815. The van der Waals surface area contributed by atoms with E-state index in [1.807, 2.05) is 0 Å². The number of nitrogens with zero attached hydrogens (tertiary/aromatic N) is 3. The van der Waals surface area contributed by atoms with Crippen LogP contribution in [-0.2, 0) is 0 Å². The molecule has 1 saturated heterocycles. The molecule has 0 spiro atoms. The lowest BCUT2D eigenvalue weighted by atomic mass is 10.1. The van der Waals surface area contributed by atoms with Crippen molar-refractivity contribution in [3.63, 3.8) is 0 Å². The molecule has 1 fully saturated rings. The van der Waals surface area contributed by atoms with Crippen LogP contribution in [0.5, 0.6) is 0 Å². The summed E-state index contributed by atoms with van der Waals surface area (Å²) in [7, 11) is 2.13. The zero-order valence-corrected chi connectivity index (χ0v) is 10.2. The Bertz CT molecular complexity index is 342. The molecule has 1 aliphatic rings. The lowest BCUT2D eigenvalue weighted by molar-refractivity contribution is 0.136. The van der Waals surface area contributed by atoms with E-state index in [4.69, 9.17) is 18.0 Å². The van der Waals surface area contributed by atoms with E-state index in [2.05, 4.69) is 26.8 Å². The molecule has 1 aromatic rings. The Kier molecular flexibility index (Phi) is 3.52. The number of imidazole rings is 1. The second kappa shape index (κ2) is 4.90. The van der Waals surface area contributed by atoms with Gasteiger partial charge in [-0.2, -0.15) is 0 Å². The van der Waals surface area contributed by atoms with Crippen LogP contribution in [0, 0.1) is 0 Å². The maximum atomic E-state index is 5.82. The highest BCUT2D eigenvalue weighted by Crippen LogP contribution is 2.20. The van der Waals surface area contributed by atoms with Crippen LogP contribution in [0.1, 0.15) is 11.7 Å². The van der Waals surface area contributed by atoms with E-state index >= 15 is 0 Å². The Morgan fingerprint density at radius 2 is 2.19 bits per heavy atom. The fourth-order valence-corrected chi connectivity index (χ4v) is 2.30. The van der Waals surface area contributed by atoms with Crippen molar-refractivity contribution in [1.82, 2.24) is 19.8 Å². The summed E-state index contributed by atoms with van der Waals surface area (Å²) in [6.07, 6.45) is 3.46. The van der Waals surface area contributed by atoms with Crippen LogP contribution >= 0.6 is 12.2 Å². The van der Waals surface area contributed by atoms with Crippen molar-refractivity contribution in [3.8, 4) is 0 Å². The Hall–Kier alpha value is -0.980. The number of thiocarbonyl (C=S) groups is 1. The molecule has 0 amide bonds. The number of H-pyrrole nitrogens is 1. The highest BCUT2D eigenvalue weighted by Gasteiger charge is 2.26. The number of hydrogen-bond acceptors (Lipinski definition) is 4. The van der Waals surface area contributed by atoms with Crippen LogP contribution in [0.2, 0.25) is 0 Å². The summed E-state index contributed by atoms with van der Waals surface area (Å²) >= 11 is 5.15. The van der Waals surface area contributed by atoms with E-state index in [9.17, 15) is 0 Å². The molecule has 0 aliphatic carbocycles. The Morgan fingerprint density at radius 1 is 1.50 bits per heavy atom. The third-order valence-corrected chi connectivity index (χ3v) is 3.21. The summed E-state index contributed by atoms with van der Waals surface area (Å²) in [4.78, 5) is 12.2. The first-order chi connectivity index (χ1) is 7.68. The molecular weight excluding hydrogens is 222 g/mol. The van der Waals surface area contributed by atoms with E-state index in [0.29, 0.717) is 4.99 Å².